The summed E-state index contributed by atoms with van der Waals surface area (Å²) in [6.07, 6.45) is -7.40. The first-order chi connectivity index (χ1) is 9.68. The van der Waals surface area contributed by atoms with Crippen LogP contribution in [0.5, 0.6) is 0 Å². The summed E-state index contributed by atoms with van der Waals surface area (Å²) in [5.41, 5.74) is -3.27. The average Bonchev–Trinajstić information content (AvgIpc) is 2.83. The van der Waals surface area contributed by atoms with Crippen LogP contribution >= 0.6 is 0 Å². The molecule has 0 radical (unpaired) electrons. The minimum atomic E-state index is -4.95. The van der Waals surface area contributed by atoms with E-state index in [1.54, 1.807) is 0 Å². The van der Waals surface area contributed by atoms with Crippen molar-refractivity contribution < 1.29 is 26.3 Å². The van der Waals surface area contributed by atoms with E-state index in [2.05, 4.69) is 9.98 Å². The average molecular weight is 307 g/mol. The minimum Gasteiger partial charge on any atom is -0.309 e. The summed E-state index contributed by atoms with van der Waals surface area (Å²) in [5, 5.41) is 0. The van der Waals surface area contributed by atoms with Crippen molar-refractivity contribution in [2.75, 3.05) is 18.0 Å². The third kappa shape index (κ3) is 2.26. The zero-order valence-electron chi connectivity index (χ0n) is 10.3. The van der Waals surface area contributed by atoms with Gasteiger partial charge in [-0.05, 0) is 18.2 Å². The van der Waals surface area contributed by atoms with E-state index < -0.39 is 23.6 Å². The van der Waals surface area contributed by atoms with E-state index in [1.807, 2.05) is 0 Å². The van der Waals surface area contributed by atoms with Crippen LogP contribution in [0.4, 0.5) is 32.2 Å². The number of nitrogens with zero attached hydrogens (tertiary/aromatic N) is 3. The van der Waals surface area contributed by atoms with Gasteiger partial charge in [0.05, 0.1) is 12.1 Å². The molecule has 2 aliphatic heterocycles. The van der Waals surface area contributed by atoms with E-state index in [0.29, 0.717) is 12.4 Å². The largest absolute Gasteiger partial charge is 0.433 e. The van der Waals surface area contributed by atoms with Gasteiger partial charge in [0.25, 0.3) is 0 Å². The molecule has 0 amide bonds. The number of fused-ring (bicyclic) bond motifs is 3. The van der Waals surface area contributed by atoms with Crippen molar-refractivity contribution in [2.24, 2.45) is 4.99 Å². The number of pyridine rings is 1. The lowest BCUT2D eigenvalue weighted by molar-refractivity contribution is -0.145. The monoisotopic (exact) mass is 307 g/mol. The van der Waals surface area contributed by atoms with Gasteiger partial charge < -0.3 is 4.90 Å². The van der Waals surface area contributed by atoms with Gasteiger partial charge in [0.1, 0.15) is 17.3 Å². The fraction of sp³-hybridized carbons (Fsp3) is 0.333. The summed E-state index contributed by atoms with van der Waals surface area (Å²) in [4.78, 5) is 8.63. The van der Waals surface area contributed by atoms with Gasteiger partial charge in [0.2, 0.25) is 0 Å². The minimum absolute atomic E-state index is 0.0430. The molecule has 0 unspecified atom stereocenters. The molecule has 0 N–H and O–H groups in total. The van der Waals surface area contributed by atoms with Crippen molar-refractivity contribution in [3.63, 3.8) is 0 Å². The molecule has 0 spiro atoms. The predicted octanol–water partition coefficient (Wildman–Crippen LogP) is 3.36. The lowest BCUT2D eigenvalue weighted by atomic mass is 10.0. The molecular weight excluding hydrogens is 300 g/mol. The predicted molar refractivity (Wildman–Crippen MR) is 62.9 cm³/mol. The summed E-state index contributed by atoms with van der Waals surface area (Å²) in [6.45, 7) is 0.511. The summed E-state index contributed by atoms with van der Waals surface area (Å²) >= 11 is 0. The molecule has 1 aromatic heterocycles. The highest BCUT2D eigenvalue weighted by Crippen LogP contribution is 2.41. The van der Waals surface area contributed by atoms with Crippen molar-refractivity contribution in [3.05, 3.63) is 29.0 Å². The zero-order chi connectivity index (χ0) is 15.4. The van der Waals surface area contributed by atoms with E-state index in [4.69, 9.17) is 0 Å². The molecule has 2 aliphatic rings. The molecule has 9 heteroatoms. The summed E-state index contributed by atoms with van der Waals surface area (Å²) in [5.74, 6) is -0.0293. The van der Waals surface area contributed by atoms with Gasteiger partial charge in [-0.3, -0.25) is 4.99 Å². The number of rotatable bonds is 0. The second kappa shape index (κ2) is 4.22. The zero-order valence-corrected chi connectivity index (χ0v) is 10.3. The van der Waals surface area contributed by atoms with Crippen LogP contribution in [-0.2, 0) is 12.4 Å². The Morgan fingerprint density at radius 2 is 1.71 bits per heavy atom. The molecule has 0 fully saturated rings. The molecule has 0 saturated heterocycles. The maximum Gasteiger partial charge on any atom is 0.433 e. The first kappa shape index (κ1) is 13.9. The van der Waals surface area contributed by atoms with Gasteiger partial charge in [-0.25, -0.2) is 4.98 Å². The van der Waals surface area contributed by atoms with Gasteiger partial charge in [0, 0.05) is 12.1 Å². The van der Waals surface area contributed by atoms with Crippen LogP contribution in [0.25, 0.3) is 6.08 Å². The number of aromatic nitrogens is 1. The number of alkyl halides is 6. The Hall–Kier alpha value is -2.06. The van der Waals surface area contributed by atoms with E-state index in [9.17, 15) is 26.3 Å². The maximum atomic E-state index is 13.0. The van der Waals surface area contributed by atoms with Crippen LogP contribution in [0.3, 0.4) is 0 Å². The molecule has 0 saturated carbocycles. The van der Waals surface area contributed by atoms with Crippen molar-refractivity contribution in [1.29, 1.82) is 0 Å². The van der Waals surface area contributed by atoms with Crippen LogP contribution in [-0.4, -0.2) is 23.9 Å². The number of anilines is 1. The van der Waals surface area contributed by atoms with Gasteiger partial charge in [-0.2, -0.15) is 26.3 Å². The van der Waals surface area contributed by atoms with Gasteiger partial charge in [-0.15, -0.1) is 0 Å². The normalized spacial score (nSPS) is 17.6. The van der Waals surface area contributed by atoms with Crippen LogP contribution in [0, 0.1) is 0 Å². The number of hydrogen-bond acceptors (Lipinski definition) is 3. The molecule has 3 nitrogen and oxygen atoms in total. The van der Waals surface area contributed by atoms with E-state index in [0.717, 1.165) is 6.08 Å². The topological polar surface area (TPSA) is 28.5 Å². The maximum absolute atomic E-state index is 13.0. The lowest BCUT2D eigenvalue weighted by Crippen LogP contribution is -2.31. The first-order valence-corrected chi connectivity index (χ1v) is 5.87. The van der Waals surface area contributed by atoms with Crippen molar-refractivity contribution >= 4 is 17.7 Å². The first-order valence-electron chi connectivity index (χ1n) is 5.87. The molecule has 1 aromatic rings. The molecule has 0 aliphatic carbocycles. The molecule has 3 heterocycles. The smallest absolute Gasteiger partial charge is 0.309 e. The Bertz CT molecular complexity index is 656. The second-order valence-corrected chi connectivity index (χ2v) is 4.51. The van der Waals surface area contributed by atoms with Crippen LogP contribution in [0.15, 0.2) is 17.1 Å². The lowest BCUT2D eigenvalue weighted by Gasteiger charge is -2.26. The highest BCUT2D eigenvalue weighted by atomic mass is 19.4. The molecule has 0 aromatic carbocycles. The van der Waals surface area contributed by atoms with Gasteiger partial charge in [0.15, 0.2) is 0 Å². The van der Waals surface area contributed by atoms with Crippen LogP contribution < -0.4 is 4.90 Å². The molecule has 0 bridgehead atoms. The fourth-order valence-electron chi connectivity index (χ4n) is 2.27. The number of aliphatic imine (C=N–C) groups is 1. The summed E-state index contributed by atoms with van der Waals surface area (Å²) < 4.78 is 77.3. The van der Waals surface area contributed by atoms with E-state index >= 15 is 0 Å². The molecule has 3 rings (SSSR count). The Labute approximate surface area is 114 Å². The molecular formula is C12H7F6N3. The van der Waals surface area contributed by atoms with Crippen molar-refractivity contribution in [1.82, 2.24) is 4.98 Å². The summed E-state index contributed by atoms with van der Waals surface area (Å²) in [7, 11) is 0. The third-order valence-corrected chi connectivity index (χ3v) is 3.16. The second-order valence-electron chi connectivity index (χ2n) is 4.51. The number of amidine groups is 1. The van der Waals surface area contributed by atoms with Gasteiger partial charge in [-0.1, -0.05) is 0 Å². The van der Waals surface area contributed by atoms with Crippen LogP contribution in [0.2, 0.25) is 0 Å². The van der Waals surface area contributed by atoms with Crippen LogP contribution in [0.1, 0.15) is 16.8 Å². The Kier molecular flexibility index (Phi) is 2.79. The standard InChI is InChI=1S/C12H7F6N3/c13-11(14,15)7-5-8(12(16,17)18)20-10-6(7)1-2-9-19-3-4-21(9)10/h1-2,5H,3-4H2. The van der Waals surface area contributed by atoms with E-state index in [-0.39, 0.29) is 24.0 Å². The molecule has 21 heavy (non-hydrogen) atoms. The quantitative estimate of drug-likeness (QED) is 0.688. The van der Waals surface area contributed by atoms with Crippen molar-refractivity contribution in [3.8, 4) is 0 Å². The highest BCUT2D eigenvalue weighted by Gasteiger charge is 2.42. The fourth-order valence-corrected chi connectivity index (χ4v) is 2.27. The summed E-state index contributed by atoms with van der Waals surface area (Å²) in [6, 6.07) is 0.0430. The Morgan fingerprint density at radius 3 is 2.33 bits per heavy atom. The highest BCUT2D eigenvalue weighted by molar-refractivity contribution is 6.12. The van der Waals surface area contributed by atoms with Crippen molar-refractivity contribution in [2.45, 2.75) is 12.4 Å². The third-order valence-electron chi connectivity index (χ3n) is 3.16. The number of hydrogen-bond donors (Lipinski definition) is 0. The van der Waals surface area contributed by atoms with E-state index in [1.165, 1.54) is 11.0 Å². The van der Waals surface area contributed by atoms with Gasteiger partial charge >= 0.3 is 12.4 Å². The number of halogens is 6. The Balaban J connectivity index is 2.27. The SMILES string of the molecule is FC(F)(F)c1cc(C(F)(F)F)c2c(n1)N1CCN=C1C=C2. The Morgan fingerprint density at radius 1 is 1.00 bits per heavy atom. The molecule has 112 valence electrons. The molecule has 0 atom stereocenters.